The number of aromatic nitrogens is 1. The second-order valence-corrected chi connectivity index (χ2v) is 6.05. The normalized spacial score (nSPS) is 25.7. The minimum atomic E-state index is -2.91. The Labute approximate surface area is 127 Å². The topological polar surface area (TPSA) is 63.2 Å². The first-order valence-electron chi connectivity index (χ1n) is 7.49. The highest BCUT2D eigenvalue weighted by atomic mass is 19.3. The third-order valence-electron chi connectivity index (χ3n) is 4.91. The van der Waals surface area contributed by atoms with E-state index in [9.17, 15) is 13.6 Å². The Morgan fingerprint density at radius 2 is 2.18 bits per heavy atom. The van der Waals surface area contributed by atoms with Gasteiger partial charge in [-0.05, 0) is 48.6 Å². The number of amides is 2. The molecule has 2 fully saturated rings. The van der Waals surface area contributed by atoms with Crippen molar-refractivity contribution in [3.05, 3.63) is 23.9 Å². The van der Waals surface area contributed by atoms with E-state index in [4.69, 9.17) is 0 Å². The van der Waals surface area contributed by atoms with Crippen molar-refractivity contribution < 1.29 is 18.3 Å². The fraction of sp³-hybridized carbons (Fsp3) is 0.600. The van der Waals surface area contributed by atoms with Crippen molar-refractivity contribution in [2.75, 3.05) is 6.54 Å². The average Bonchev–Trinajstić information content (AvgIpc) is 2.47. The highest BCUT2D eigenvalue weighted by Crippen LogP contribution is 2.60. The summed E-state index contributed by atoms with van der Waals surface area (Å²) in [5, 5.41) is 5.63. The summed E-state index contributed by atoms with van der Waals surface area (Å²) >= 11 is 0. The number of alkyl halides is 2. The zero-order chi connectivity index (χ0) is 15.6. The van der Waals surface area contributed by atoms with Crippen molar-refractivity contribution in [2.45, 2.75) is 38.8 Å². The smallest absolute Gasteiger partial charge is 0.388 e. The summed E-state index contributed by atoms with van der Waals surface area (Å²) < 4.78 is 28.4. The quantitative estimate of drug-likeness (QED) is 0.849. The maximum Gasteiger partial charge on any atom is 0.388 e. The van der Waals surface area contributed by atoms with E-state index in [2.05, 4.69) is 20.4 Å². The van der Waals surface area contributed by atoms with Crippen molar-refractivity contribution in [3.8, 4) is 5.88 Å². The van der Waals surface area contributed by atoms with Gasteiger partial charge >= 0.3 is 12.6 Å². The van der Waals surface area contributed by atoms with Crippen LogP contribution in [0.2, 0.25) is 0 Å². The lowest BCUT2D eigenvalue weighted by Crippen LogP contribution is -2.56. The molecule has 2 amide bonds. The minimum absolute atomic E-state index is 0.152. The van der Waals surface area contributed by atoms with Crippen LogP contribution < -0.4 is 15.4 Å². The fourth-order valence-electron chi connectivity index (χ4n) is 3.32. The molecule has 2 aliphatic rings. The molecular formula is C15H19F2N3O2. The number of nitrogens with one attached hydrogen (secondary N) is 2. The Kier molecular flexibility index (Phi) is 4.13. The van der Waals surface area contributed by atoms with Crippen LogP contribution in [0.1, 0.15) is 31.2 Å². The highest BCUT2D eigenvalue weighted by Gasteiger charge is 2.53. The summed E-state index contributed by atoms with van der Waals surface area (Å²) in [6.45, 7) is -1.94. The minimum Gasteiger partial charge on any atom is -0.417 e. The van der Waals surface area contributed by atoms with Crippen LogP contribution >= 0.6 is 0 Å². The van der Waals surface area contributed by atoms with Gasteiger partial charge in [-0.2, -0.15) is 8.78 Å². The number of hydrogen-bond donors (Lipinski definition) is 2. The van der Waals surface area contributed by atoms with Gasteiger partial charge in [0, 0.05) is 25.4 Å². The Balaban J connectivity index is 1.42. The van der Waals surface area contributed by atoms with E-state index in [-0.39, 0.29) is 18.5 Å². The van der Waals surface area contributed by atoms with Crippen LogP contribution in [-0.2, 0) is 6.54 Å². The Bertz CT molecular complexity index is 545. The molecule has 1 aromatic rings. The molecule has 120 valence electrons. The van der Waals surface area contributed by atoms with Crippen LogP contribution in [0.15, 0.2) is 18.3 Å². The molecule has 1 aromatic heterocycles. The molecule has 1 heterocycles. The number of halogens is 2. The Hall–Kier alpha value is -1.92. The second kappa shape index (κ2) is 6.06. The average molecular weight is 311 g/mol. The predicted octanol–water partition coefficient (Wildman–Crippen LogP) is 2.67. The summed E-state index contributed by atoms with van der Waals surface area (Å²) in [5.41, 5.74) is 1.01. The van der Waals surface area contributed by atoms with Crippen LogP contribution in [0.3, 0.4) is 0 Å². The molecule has 3 rings (SSSR count). The van der Waals surface area contributed by atoms with Crippen LogP contribution in [-0.4, -0.2) is 24.2 Å². The first kappa shape index (κ1) is 15.0. The van der Waals surface area contributed by atoms with Crippen molar-refractivity contribution in [1.82, 2.24) is 15.6 Å². The summed E-state index contributed by atoms with van der Waals surface area (Å²) in [7, 11) is 0. The summed E-state index contributed by atoms with van der Waals surface area (Å²) in [6, 6.07) is 2.80. The van der Waals surface area contributed by atoms with Crippen molar-refractivity contribution in [2.24, 2.45) is 11.3 Å². The largest absolute Gasteiger partial charge is 0.417 e. The molecule has 2 aliphatic carbocycles. The van der Waals surface area contributed by atoms with Crippen molar-refractivity contribution >= 4 is 6.03 Å². The SMILES string of the molecule is O=C(NCc1ccnc(OC(F)F)c1)NCC12CCC1CC2. The number of urea groups is 1. The van der Waals surface area contributed by atoms with Gasteiger partial charge in [0.05, 0.1) is 0 Å². The number of hydrogen-bond acceptors (Lipinski definition) is 3. The van der Waals surface area contributed by atoms with Gasteiger partial charge in [0.25, 0.3) is 0 Å². The standard InChI is InChI=1S/C15H19F2N3O2/c16-13(17)22-12-7-10(3-6-18-12)8-19-14(21)20-9-15-4-1-11(15)2-5-15/h3,6-7,11,13H,1-2,4-5,8-9H2,(H2,19,20,21). The fourth-order valence-corrected chi connectivity index (χ4v) is 3.32. The van der Waals surface area contributed by atoms with E-state index in [1.54, 1.807) is 6.07 Å². The lowest BCUT2D eigenvalue weighted by atomic mass is 9.48. The number of rotatable bonds is 6. The molecule has 0 radical (unpaired) electrons. The van der Waals surface area contributed by atoms with Gasteiger partial charge in [-0.25, -0.2) is 9.78 Å². The maximum atomic E-state index is 12.1. The number of pyridine rings is 1. The molecule has 0 bridgehead atoms. The molecule has 5 nitrogen and oxygen atoms in total. The van der Waals surface area contributed by atoms with Crippen LogP contribution in [0.25, 0.3) is 0 Å². The lowest BCUT2D eigenvalue weighted by Gasteiger charge is -2.58. The monoisotopic (exact) mass is 311 g/mol. The number of nitrogens with zero attached hydrogens (tertiary/aromatic N) is 1. The summed E-state index contributed by atoms with van der Waals surface area (Å²) in [6.07, 6.45) is 6.35. The molecule has 0 spiro atoms. The van der Waals surface area contributed by atoms with Crippen LogP contribution in [0.5, 0.6) is 5.88 Å². The van der Waals surface area contributed by atoms with Crippen LogP contribution in [0, 0.1) is 11.3 Å². The number of ether oxygens (including phenoxy) is 1. The summed E-state index contributed by atoms with van der Waals surface area (Å²) in [4.78, 5) is 15.5. The first-order chi connectivity index (χ1) is 10.6. The van der Waals surface area contributed by atoms with Gasteiger partial charge in [0.2, 0.25) is 5.88 Å². The van der Waals surface area contributed by atoms with Gasteiger partial charge in [0.1, 0.15) is 0 Å². The molecule has 7 heteroatoms. The van der Waals surface area contributed by atoms with E-state index in [0.717, 1.165) is 12.5 Å². The highest BCUT2D eigenvalue weighted by molar-refractivity contribution is 5.73. The molecule has 0 aliphatic heterocycles. The third-order valence-corrected chi connectivity index (χ3v) is 4.91. The van der Waals surface area contributed by atoms with E-state index < -0.39 is 6.61 Å². The Morgan fingerprint density at radius 1 is 1.41 bits per heavy atom. The van der Waals surface area contributed by atoms with E-state index in [0.29, 0.717) is 11.0 Å². The zero-order valence-electron chi connectivity index (χ0n) is 12.1. The number of fused-ring (bicyclic) bond motifs is 1. The third kappa shape index (κ3) is 3.13. The predicted molar refractivity (Wildman–Crippen MR) is 75.5 cm³/mol. The second-order valence-electron chi connectivity index (χ2n) is 6.05. The molecule has 2 N–H and O–H groups in total. The molecule has 0 unspecified atom stereocenters. The molecule has 22 heavy (non-hydrogen) atoms. The first-order valence-corrected chi connectivity index (χ1v) is 7.49. The molecule has 0 atom stereocenters. The van der Waals surface area contributed by atoms with E-state index in [1.165, 1.54) is 37.9 Å². The summed E-state index contributed by atoms with van der Waals surface area (Å²) in [5.74, 6) is 0.641. The van der Waals surface area contributed by atoms with Crippen LogP contribution in [0.4, 0.5) is 13.6 Å². The molecule has 2 saturated carbocycles. The number of carbonyl (C=O) groups is 1. The van der Waals surface area contributed by atoms with Gasteiger partial charge in [-0.15, -0.1) is 0 Å². The number of carbonyl (C=O) groups excluding carboxylic acids is 1. The lowest BCUT2D eigenvalue weighted by molar-refractivity contribution is -0.0695. The van der Waals surface area contributed by atoms with Gasteiger partial charge in [-0.1, -0.05) is 0 Å². The molecule has 0 aromatic carbocycles. The maximum absolute atomic E-state index is 12.1. The van der Waals surface area contributed by atoms with Gasteiger partial charge in [0.15, 0.2) is 0 Å². The molecular weight excluding hydrogens is 292 g/mol. The van der Waals surface area contributed by atoms with Gasteiger partial charge < -0.3 is 15.4 Å². The van der Waals surface area contributed by atoms with Gasteiger partial charge in [-0.3, -0.25) is 0 Å². The molecule has 0 saturated heterocycles. The Morgan fingerprint density at radius 3 is 2.77 bits per heavy atom. The van der Waals surface area contributed by atoms with E-state index in [1.807, 2.05) is 0 Å². The van der Waals surface area contributed by atoms with Crippen molar-refractivity contribution in [3.63, 3.8) is 0 Å². The van der Waals surface area contributed by atoms with E-state index >= 15 is 0 Å². The van der Waals surface area contributed by atoms with Crippen molar-refractivity contribution in [1.29, 1.82) is 0 Å². The zero-order valence-corrected chi connectivity index (χ0v) is 12.1.